The summed E-state index contributed by atoms with van der Waals surface area (Å²) in [7, 11) is 0. The summed E-state index contributed by atoms with van der Waals surface area (Å²) < 4.78 is 6.63. The molecule has 0 spiro atoms. The van der Waals surface area contributed by atoms with Crippen molar-refractivity contribution in [3.05, 3.63) is 53.2 Å². The molecule has 1 aliphatic carbocycles. The molecular weight excluding hydrogens is 374 g/mol. The lowest BCUT2D eigenvalue weighted by Gasteiger charge is -2.13. The highest BCUT2D eigenvalue weighted by molar-refractivity contribution is 5.94. The largest absolute Gasteiger partial charge is 0.394 e. The number of carbonyl (C=O) groups excluding carboxylic acids is 1. The molecule has 2 heterocycles. The molecular formula is C20H23N5O4. The van der Waals surface area contributed by atoms with Crippen molar-refractivity contribution >= 4 is 5.91 Å². The van der Waals surface area contributed by atoms with E-state index in [2.05, 4.69) is 26.6 Å². The van der Waals surface area contributed by atoms with Gasteiger partial charge in [0, 0.05) is 18.2 Å². The van der Waals surface area contributed by atoms with E-state index in [1.807, 2.05) is 19.1 Å². The van der Waals surface area contributed by atoms with Crippen molar-refractivity contribution in [2.75, 3.05) is 6.61 Å². The highest BCUT2D eigenvalue weighted by atomic mass is 16.5. The number of carbonyl (C=O) groups is 1. The van der Waals surface area contributed by atoms with Gasteiger partial charge in [-0.3, -0.25) is 9.48 Å². The van der Waals surface area contributed by atoms with Crippen LogP contribution in [0.5, 0.6) is 0 Å². The number of nitrogens with zero attached hydrogens (tertiary/aromatic N) is 4. The molecule has 0 saturated carbocycles. The van der Waals surface area contributed by atoms with Crippen LogP contribution in [0.3, 0.4) is 0 Å². The van der Waals surface area contributed by atoms with E-state index in [-0.39, 0.29) is 25.1 Å². The molecule has 0 aliphatic heterocycles. The summed E-state index contributed by atoms with van der Waals surface area (Å²) >= 11 is 0. The Morgan fingerprint density at radius 2 is 2.31 bits per heavy atom. The topological polar surface area (TPSA) is 126 Å². The normalized spacial score (nSPS) is 16.6. The minimum atomic E-state index is -0.908. The van der Waals surface area contributed by atoms with Crippen LogP contribution in [0.4, 0.5) is 0 Å². The second-order valence-corrected chi connectivity index (χ2v) is 7.13. The minimum Gasteiger partial charge on any atom is -0.394 e. The SMILES string of the molecule is CCc1nc(-c2ccc3c(c2)CC[C@H]3NC(=O)c2cnn(C[C@H](O)CO)c2)no1. The molecule has 0 bridgehead atoms. The van der Waals surface area contributed by atoms with E-state index in [0.29, 0.717) is 23.7 Å². The predicted molar refractivity (Wildman–Crippen MR) is 103 cm³/mol. The Morgan fingerprint density at radius 3 is 3.07 bits per heavy atom. The van der Waals surface area contributed by atoms with Crippen LogP contribution >= 0.6 is 0 Å². The van der Waals surface area contributed by atoms with Crippen LogP contribution in [0.2, 0.25) is 0 Å². The molecule has 2 atom stereocenters. The Balaban J connectivity index is 1.45. The van der Waals surface area contributed by atoms with Crippen molar-refractivity contribution < 1.29 is 19.5 Å². The monoisotopic (exact) mass is 397 g/mol. The lowest BCUT2D eigenvalue weighted by Crippen LogP contribution is -2.27. The number of benzene rings is 1. The fourth-order valence-corrected chi connectivity index (χ4v) is 3.52. The number of aliphatic hydroxyl groups excluding tert-OH is 2. The van der Waals surface area contributed by atoms with Crippen molar-refractivity contribution in [1.29, 1.82) is 0 Å². The number of hydrogen-bond donors (Lipinski definition) is 3. The fraction of sp³-hybridized carbons (Fsp3) is 0.400. The van der Waals surface area contributed by atoms with Crippen LogP contribution in [0.15, 0.2) is 35.1 Å². The van der Waals surface area contributed by atoms with Crippen LogP contribution in [-0.4, -0.2) is 48.8 Å². The number of nitrogens with one attached hydrogen (secondary N) is 1. The number of fused-ring (bicyclic) bond motifs is 1. The average Bonchev–Trinajstić information content (AvgIpc) is 3.47. The molecule has 9 nitrogen and oxygen atoms in total. The maximum absolute atomic E-state index is 12.6. The molecule has 3 N–H and O–H groups in total. The van der Waals surface area contributed by atoms with Gasteiger partial charge in [0.25, 0.3) is 5.91 Å². The first-order valence-corrected chi connectivity index (χ1v) is 9.65. The Kier molecular flexibility index (Phi) is 5.41. The number of aryl methyl sites for hydroxylation is 2. The molecule has 1 aliphatic rings. The maximum Gasteiger partial charge on any atom is 0.254 e. The predicted octanol–water partition coefficient (Wildman–Crippen LogP) is 1.27. The summed E-state index contributed by atoms with van der Waals surface area (Å²) in [6, 6.07) is 5.93. The molecule has 152 valence electrons. The summed E-state index contributed by atoms with van der Waals surface area (Å²) in [6.07, 6.45) is 4.48. The third-order valence-electron chi connectivity index (χ3n) is 5.06. The van der Waals surface area contributed by atoms with E-state index in [4.69, 9.17) is 9.63 Å². The van der Waals surface area contributed by atoms with E-state index >= 15 is 0 Å². The zero-order chi connectivity index (χ0) is 20.4. The molecule has 1 amide bonds. The Bertz CT molecular complexity index is 1010. The molecule has 2 aromatic heterocycles. The maximum atomic E-state index is 12.6. The van der Waals surface area contributed by atoms with Gasteiger partial charge in [-0.2, -0.15) is 10.1 Å². The van der Waals surface area contributed by atoms with Crippen LogP contribution in [0, 0.1) is 0 Å². The van der Waals surface area contributed by atoms with E-state index in [9.17, 15) is 9.90 Å². The first kappa shape index (κ1) is 19.3. The zero-order valence-electron chi connectivity index (χ0n) is 16.1. The number of aliphatic hydroxyl groups is 2. The fourth-order valence-electron chi connectivity index (χ4n) is 3.52. The molecule has 3 aromatic rings. The van der Waals surface area contributed by atoms with Gasteiger partial charge in [-0.05, 0) is 30.0 Å². The smallest absolute Gasteiger partial charge is 0.254 e. The van der Waals surface area contributed by atoms with Crippen molar-refractivity contribution in [2.24, 2.45) is 0 Å². The van der Waals surface area contributed by atoms with Crippen LogP contribution in [0.25, 0.3) is 11.4 Å². The minimum absolute atomic E-state index is 0.0746. The number of rotatable bonds is 7. The molecule has 4 rings (SSSR count). The van der Waals surface area contributed by atoms with Crippen LogP contribution < -0.4 is 5.32 Å². The van der Waals surface area contributed by atoms with Crippen molar-refractivity contribution in [3.8, 4) is 11.4 Å². The lowest BCUT2D eigenvalue weighted by atomic mass is 10.0. The third-order valence-corrected chi connectivity index (χ3v) is 5.06. The Hall–Kier alpha value is -3.04. The van der Waals surface area contributed by atoms with Gasteiger partial charge in [0.1, 0.15) is 0 Å². The third kappa shape index (κ3) is 4.06. The lowest BCUT2D eigenvalue weighted by molar-refractivity contribution is 0.0781. The first-order chi connectivity index (χ1) is 14.1. The van der Waals surface area contributed by atoms with Gasteiger partial charge in [-0.1, -0.05) is 24.2 Å². The van der Waals surface area contributed by atoms with Gasteiger partial charge < -0.3 is 20.1 Å². The standard InChI is InChI=1S/C20H23N5O4/c1-2-18-23-19(24-29-18)13-3-5-16-12(7-13)4-6-17(16)22-20(28)14-8-21-25(9-14)10-15(27)11-26/h3,5,7-9,15,17,26-27H,2,4,6,10-11H2,1H3,(H,22,28)/t15-,17+/m0/s1. The summed E-state index contributed by atoms with van der Waals surface area (Å²) in [5.41, 5.74) is 3.57. The van der Waals surface area contributed by atoms with Gasteiger partial charge in [0.15, 0.2) is 0 Å². The Labute approximate surface area is 167 Å². The summed E-state index contributed by atoms with van der Waals surface area (Å²) in [5.74, 6) is 0.967. The number of hydrogen-bond acceptors (Lipinski definition) is 7. The van der Waals surface area contributed by atoms with Crippen molar-refractivity contribution in [3.63, 3.8) is 0 Å². The van der Waals surface area contributed by atoms with Gasteiger partial charge >= 0.3 is 0 Å². The summed E-state index contributed by atoms with van der Waals surface area (Å²) in [6.45, 7) is 1.74. The quantitative estimate of drug-likeness (QED) is 0.548. The van der Waals surface area contributed by atoms with Gasteiger partial charge in [-0.25, -0.2) is 0 Å². The molecule has 9 heteroatoms. The summed E-state index contributed by atoms with van der Waals surface area (Å²) in [4.78, 5) is 17.0. The first-order valence-electron chi connectivity index (χ1n) is 9.65. The zero-order valence-corrected chi connectivity index (χ0v) is 16.1. The molecule has 0 unspecified atom stereocenters. The summed E-state index contributed by atoms with van der Waals surface area (Å²) in [5, 5.41) is 29.5. The Morgan fingerprint density at radius 1 is 1.45 bits per heavy atom. The number of aromatic nitrogens is 4. The molecule has 0 saturated heterocycles. The van der Waals surface area contributed by atoms with Crippen LogP contribution in [-0.2, 0) is 19.4 Å². The highest BCUT2D eigenvalue weighted by Crippen LogP contribution is 2.34. The van der Waals surface area contributed by atoms with Gasteiger partial charge in [0.05, 0.1) is 37.1 Å². The van der Waals surface area contributed by atoms with E-state index < -0.39 is 6.10 Å². The highest BCUT2D eigenvalue weighted by Gasteiger charge is 2.25. The van der Waals surface area contributed by atoms with E-state index in [1.165, 1.54) is 10.9 Å². The molecule has 0 fully saturated rings. The second kappa shape index (κ2) is 8.14. The molecule has 0 radical (unpaired) electrons. The van der Waals surface area contributed by atoms with Crippen LogP contribution in [0.1, 0.15) is 46.8 Å². The average molecular weight is 397 g/mol. The second-order valence-electron chi connectivity index (χ2n) is 7.13. The molecule has 1 aromatic carbocycles. The van der Waals surface area contributed by atoms with Gasteiger partial charge in [0.2, 0.25) is 11.7 Å². The van der Waals surface area contributed by atoms with Gasteiger partial charge in [-0.15, -0.1) is 0 Å². The van der Waals surface area contributed by atoms with Crippen molar-refractivity contribution in [2.45, 2.75) is 44.9 Å². The van der Waals surface area contributed by atoms with Crippen molar-refractivity contribution in [1.82, 2.24) is 25.2 Å². The van der Waals surface area contributed by atoms with E-state index in [0.717, 1.165) is 29.5 Å². The number of amides is 1. The molecule has 29 heavy (non-hydrogen) atoms. The van der Waals surface area contributed by atoms with E-state index in [1.54, 1.807) is 6.20 Å².